The van der Waals surface area contributed by atoms with Gasteiger partial charge in [-0.2, -0.15) is 28.4 Å². The van der Waals surface area contributed by atoms with E-state index in [9.17, 15) is 23.1 Å². The SMILES string of the molecule is Cc1nc(NCc2cnn(Cc3cc(C(F)(F)F)nn3C)c2)nc2c1CC(=O)[C@H]([C@H](C)O)N2C. The highest BCUT2D eigenvalue weighted by atomic mass is 19.4. The van der Waals surface area contributed by atoms with E-state index in [-0.39, 0.29) is 18.7 Å². The molecule has 4 heterocycles. The number of aliphatic hydroxyl groups excluding tert-OH is 1. The zero-order valence-corrected chi connectivity index (χ0v) is 19.1. The fraction of sp³-hybridized carbons (Fsp3) is 0.476. The zero-order chi connectivity index (χ0) is 24.8. The van der Waals surface area contributed by atoms with Crippen molar-refractivity contribution in [2.75, 3.05) is 17.3 Å². The Balaban J connectivity index is 1.46. The molecule has 1 aliphatic rings. The number of nitrogens with zero attached hydrogens (tertiary/aromatic N) is 7. The van der Waals surface area contributed by atoms with E-state index in [0.29, 0.717) is 29.7 Å². The Kier molecular flexibility index (Phi) is 6.06. The van der Waals surface area contributed by atoms with Crippen LogP contribution in [0.3, 0.4) is 0 Å². The molecule has 3 aromatic heterocycles. The summed E-state index contributed by atoms with van der Waals surface area (Å²) >= 11 is 0. The number of likely N-dealkylation sites (N-methyl/N-ethyl adjacent to an activating group) is 1. The molecule has 0 radical (unpaired) electrons. The number of nitrogens with one attached hydrogen (secondary N) is 1. The van der Waals surface area contributed by atoms with Gasteiger partial charge in [0.25, 0.3) is 0 Å². The summed E-state index contributed by atoms with van der Waals surface area (Å²) in [5, 5.41) is 20.9. The number of hydrogen-bond donors (Lipinski definition) is 2. The third-order valence-corrected chi connectivity index (χ3v) is 5.81. The van der Waals surface area contributed by atoms with Crippen LogP contribution in [0.4, 0.5) is 24.9 Å². The molecule has 34 heavy (non-hydrogen) atoms. The molecule has 3 aromatic rings. The van der Waals surface area contributed by atoms with Gasteiger partial charge in [0.05, 0.1) is 24.5 Å². The lowest BCUT2D eigenvalue weighted by atomic mass is 9.94. The Morgan fingerprint density at radius 1 is 1.29 bits per heavy atom. The molecule has 0 aromatic carbocycles. The number of aliphatic hydroxyl groups is 1. The fourth-order valence-corrected chi connectivity index (χ4v) is 4.10. The number of aromatic nitrogens is 6. The van der Waals surface area contributed by atoms with Crippen LogP contribution in [0.1, 0.15) is 35.1 Å². The van der Waals surface area contributed by atoms with Crippen molar-refractivity contribution in [3.8, 4) is 0 Å². The van der Waals surface area contributed by atoms with Crippen LogP contribution in [0.2, 0.25) is 0 Å². The zero-order valence-electron chi connectivity index (χ0n) is 19.1. The van der Waals surface area contributed by atoms with Crippen molar-refractivity contribution >= 4 is 17.5 Å². The van der Waals surface area contributed by atoms with Crippen LogP contribution in [0.5, 0.6) is 0 Å². The van der Waals surface area contributed by atoms with Gasteiger partial charge in [0.1, 0.15) is 11.9 Å². The molecule has 1 aliphatic heterocycles. The maximum atomic E-state index is 12.9. The van der Waals surface area contributed by atoms with E-state index in [1.165, 1.54) is 16.4 Å². The average Bonchev–Trinajstić information content (AvgIpc) is 3.34. The van der Waals surface area contributed by atoms with Gasteiger partial charge >= 0.3 is 6.18 Å². The van der Waals surface area contributed by atoms with Crippen LogP contribution in [-0.4, -0.2) is 59.6 Å². The van der Waals surface area contributed by atoms with Gasteiger partial charge in [-0.05, 0) is 19.9 Å². The van der Waals surface area contributed by atoms with E-state index in [2.05, 4.69) is 25.5 Å². The highest BCUT2D eigenvalue weighted by Crippen LogP contribution is 2.30. The number of fused-ring (bicyclic) bond motifs is 1. The molecule has 0 amide bonds. The molecule has 0 unspecified atom stereocenters. The summed E-state index contributed by atoms with van der Waals surface area (Å²) < 4.78 is 41.3. The van der Waals surface area contributed by atoms with E-state index >= 15 is 0 Å². The number of halogens is 3. The van der Waals surface area contributed by atoms with Crippen LogP contribution in [0.15, 0.2) is 18.5 Å². The lowest BCUT2D eigenvalue weighted by molar-refractivity contribution is -0.141. The minimum absolute atomic E-state index is 0.0828. The van der Waals surface area contributed by atoms with Gasteiger partial charge in [-0.25, -0.2) is 4.98 Å². The molecule has 0 bridgehead atoms. The largest absolute Gasteiger partial charge is 0.435 e. The number of alkyl halides is 3. The lowest BCUT2D eigenvalue weighted by Crippen LogP contribution is -2.50. The van der Waals surface area contributed by atoms with Crippen molar-refractivity contribution in [3.05, 3.63) is 46.7 Å². The minimum Gasteiger partial charge on any atom is -0.391 e. The summed E-state index contributed by atoms with van der Waals surface area (Å²) in [6, 6.07) is 0.336. The Labute approximate surface area is 193 Å². The first kappa shape index (κ1) is 23.7. The van der Waals surface area contributed by atoms with Crippen LogP contribution in [-0.2, 0) is 37.5 Å². The van der Waals surface area contributed by atoms with Gasteiger partial charge in [0, 0.05) is 50.1 Å². The van der Waals surface area contributed by atoms with Crippen molar-refractivity contribution in [2.45, 2.75) is 51.7 Å². The second-order valence-corrected chi connectivity index (χ2v) is 8.42. The molecule has 2 N–H and O–H groups in total. The number of hydrogen-bond acceptors (Lipinski definition) is 8. The summed E-state index contributed by atoms with van der Waals surface area (Å²) in [7, 11) is 3.18. The van der Waals surface area contributed by atoms with Gasteiger partial charge in [-0.1, -0.05) is 0 Å². The second-order valence-electron chi connectivity index (χ2n) is 8.42. The predicted octanol–water partition coefficient (Wildman–Crippen LogP) is 1.71. The third kappa shape index (κ3) is 4.60. The number of anilines is 2. The highest BCUT2D eigenvalue weighted by molar-refractivity contribution is 5.93. The first-order valence-electron chi connectivity index (χ1n) is 10.6. The number of carbonyl (C=O) groups excluding carboxylic acids is 1. The van der Waals surface area contributed by atoms with Crippen LogP contribution >= 0.6 is 0 Å². The molecule has 0 saturated heterocycles. The van der Waals surface area contributed by atoms with Crippen molar-refractivity contribution < 1.29 is 23.1 Å². The molecule has 4 rings (SSSR count). The average molecular weight is 478 g/mol. The van der Waals surface area contributed by atoms with E-state index in [1.807, 2.05) is 0 Å². The summed E-state index contributed by atoms with van der Waals surface area (Å²) in [5.74, 6) is 0.865. The summed E-state index contributed by atoms with van der Waals surface area (Å²) in [6.45, 7) is 3.84. The van der Waals surface area contributed by atoms with Crippen molar-refractivity contribution in [1.29, 1.82) is 0 Å². The molecule has 13 heteroatoms. The van der Waals surface area contributed by atoms with Crippen molar-refractivity contribution in [3.63, 3.8) is 0 Å². The van der Waals surface area contributed by atoms with Gasteiger partial charge < -0.3 is 15.3 Å². The van der Waals surface area contributed by atoms with Crippen molar-refractivity contribution in [1.82, 2.24) is 29.5 Å². The smallest absolute Gasteiger partial charge is 0.391 e. The number of Topliss-reactive ketones (excluding diaryl/α,β-unsaturated/α-hetero) is 1. The Bertz CT molecular complexity index is 1220. The van der Waals surface area contributed by atoms with E-state index in [1.54, 1.807) is 38.2 Å². The Morgan fingerprint density at radius 2 is 2.03 bits per heavy atom. The van der Waals surface area contributed by atoms with Crippen LogP contribution in [0.25, 0.3) is 0 Å². The Hall–Kier alpha value is -3.48. The molecule has 182 valence electrons. The molecule has 2 atom stereocenters. The highest BCUT2D eigenvalue weighted by Gasteiger charge is 2.36. The van der Waals surface area contributed by atoms with E-state index in [0.717, 1.165) is 17.2 Å². The molecular weight excluding hydrogens is 453 g/mol. The topological polar surface area (TPSA) is 114 Å². The summed E-state index contributed by atoms with van der Waals surface area (Å²) in [4.78, 5) is 23.1. The van der Waals surface area contributed by atoms with Gasteiger partial charge in [-0.3, -0.25) is 14.2 Å². The standard InChI is InChI=1S/C21H25F3N8O2/c1-11-15-6-16(34)18(12(2)33)30(3)19(15)28-20(27-11)25-7-13-8-26-32(9-13)10-14-5-17(21(22,23)24)29-31(14)4/h5,8-9,12,18,33H,6-7,10H2,1-4H3,(H,25,27,28)/t12-,18-/m0/s1. The minimum atomic E-state index is -4.50. The van der Waals surface area contributed by atoms with E-state index < -0.39 is 24.0 Å². The van der Waals surface area contributed by atoms with Gasteiger partial charge in [0.2, 0.25) is 5.95 Å². The summed E-state index contributed by atoms with van der Waals surface area (Å²) in [5.41, 5.74) is 1.61. The number of aryl methyl sites for hydroxylation is 2. The van der Waals surface area contributed by atoms with Gasteiger partial charge in [0.15, 0.2) is 11.5 Å². The molecule has 0 fully saturated rings. The first-order valence-corrected chi connectivity index (χ1v) is 10.6. The molecule has 0 saturated carbocycles. The third-order valence-electron chi connectivity index (χ3n) is 5.81. The molecular formula is C21H25F3N8O2. The maximum Gasteiger partial charge on any atom is 0.435 e. The summed E-state index contributed by atoms with van der Waals surface area (Å²) in [6.07, 6.45) is -1.85. The van der Waals surface area contributed by atoms with Crippen LogP contribution in [0, 0.1) is 6.92 Å². The number of ketones is 1. The van der Waals surface area contributed by atoms with Crippen molar-refractivity contribution in [2.24, 2.45) is 7.05 Å². The fourth-order valence-electron chi connectivity index (χ4n) is 4.10. The quantitative estimate of drug-likeness (QED) is 0.551. The van der Waals surface area contributed by atoms with Gasteiger partial charge in [-0.15, -0.1) is 0 Å². The normalized spacial score (nSPS) is 17.1. The molecule has 0 spiro atoms. The maximum absolute atomic E-state index is 12.9. The number of rotatable bonds is 6. The molecule has 10 nitrogen and oxygen atoms in total. The monoisotopic (exact) mass is 478 g/mol. The predicted molar refractivity (Wildman–Crippen MR) is 116 cm³/mol. The second kappa shape index (κ2) is 8.70. The van der Waals surface area contributed by atoms with E-state index in [4.69, 9.17) is 0 Å². The molecule has 0 aliphatic carbocycles. The Morgan fingerprint density at radius 3 is 2.68 bits per heavy atom. The first-order chi connectivity index (χ1) is 15.9. The lowest BCUT2D eigenvalue weighted by Gasteiger charge is -2.35. The number of carbonyl (C=O) groups is 1. The van der Waals surface area contributed by atoms with Crippen LogP contribution < -0.4 is 10.2 Å².